The highest BCUT2D eigenvalue weighted by molar-refractivity contribution is 14.1. The molecule has 1 fully saturated rings. The van der Waals surface area contributed by atoms with Crippen LogP contribution in [0.2, 0.25) is 0 Å². The Labute approximate surface area is 228 Å². The fraction of sp³-hybridized carbons (Fsp3) is 0.179. The molecule has 1 aliphatic heterocycles. The summed E-state index contributed by atoms with van der Waals surface area (Å²) in [5.74, 6) is 0.0704. The van der Waals surface area contributed by atoms with Crippen molar-refractivity contribution in [3.8, 4) is 17.2 Å². The number of methoxy groups -OCH3 is 2. The summed E-state index contributed by atoms with van der Waals surface area (Å²) in [5, 5.41) is 2.23. The molecule has 8 nitrogen and oxygen atoms in total. The van der Waals surface area contributed by atoms with E-state index in [1.165, 1.54) is 31.4 Å². The van der Waals surface area contributed by atoms with Crippen LogP contribution in [-0.4, -0.2) is 32.1 Å². The topological polar surface area (TPSA) is 94.2 Å². The average Bonchev–Trinajstić information content (AvgIpc) is 2.88. The second-order valence-electron chi connectivity index (χ2n) is 8.40. The van der Waals surface area contributed by atoms with Crippen LogP contribution in [0.15, 0.2) is 60.2 Å². The zero-order chi connectivity index (χ0) is 26.7. The van der Waals surface area contributed by atoms with Gasteiger partial charge < -0.3 is 14.2 Å². The Bertz CT molecular complexity index is 1410. The molecule has 0 saturated carbocycles. The van der Waals surface area contributed by atoms with Crippen molar-refractivity contribution in [1.82, 2.24) is 5.32 Å². The molecule has 1 heterocycles. The third-order valence-corrected chi connectivity index (χ3v) is 6.75. The molecule has 9 heteroatoms. The third kappa shape index (κ3) is 5.61. The molecule has 1 N–H and O–H groups in total. The second kappa shape index (κ2) is 11.0. The molecule has 37 heavy (non-hydrogen) atoms. The lowest BCUT2D eigenvalue weighted by atomic mass is 10.1. The molecule has 0 unspecified atom stereocenters. The first-order valence-electron chi connectivity index (χ1n) is 11.3. The Morgan fingerprint density at radius 1 is 0.919 bits per heavy atom. The maximum absolute atomic E-state index is 13.2. The van der Waals surface area contributed by atoms with E-state index in [-0.39, 0.29) is 5.57 Å². The minimum atomic E-state index is -0.820. The van der Waals surface area contributed by atoms with Crippen LogP contribution in [-0.2, 0) is 16.2 Å². The van der Waals surface area contributed by atoms with Crippen LogP contribution in [0.25, 0.3) is 6.08 Å². The third-order valence-electron chi connectivity index (χ3n) is 5.95. The first kappa shape index (κ1) is 26.2. The summed E-state index contributed by atoms with van der Waals surface area (Å²) >= 11 is 2.12. The molecule has 0 radical (unpaired) electrons. The van der Waals surface area contributed by atoms with E-state index in [4.69, 9.17) is 14.2 Å². The minimum Gasteiger partial charge on any atom is -0.497 e. The summed E-state index contributed by atoms with van der Waals surface area (Å²) in [6.07, 6.45) is 1.43. The summed E-state index contributed by atoms with van der Waals surface area (Å²) in [6.45, 7) is 4.47. The van der Waals surface area contributed by atoms with Gasteiger partial charge in [-0.1, -0.05) is 18.2 Å². The molecule has 1 saturated heterocycles. The van der Waals surface area contributed by atoms with E-state index in [2.05, 4.69) is 53.9 Å². The van der Waals surface area contributed by atoms with Gasteiger partial charge in [0.1, 0.15) is 17.9 Å². The molecule has 0 bridgehead atoms. The van der Waals surface area contributed by atoms with Crippen molar-refractivity contribution in [2.24, 2.45) is 0 Å². The van der Waals surface area contributed by atoms with E-state index in [9.17, 15) is 14.4 Å². The van der Waals surface area contributed by atoms with Gasteiger partial charge in [0.15, 0.2) is 11.5 Å². The van der Waals surface area contributed by atoms with E-state index in [1.807, 2.05) is 6.07 Å². The first-order valence-corrected chi connectivity index (χ1v) is 12.4. The van der Waals surface area contributed by atoms with Gasteiger partial charge in [-0.3, -0.25) is 14.9 Å². The number of hydrogen-bond acceptors (Lipinski definition) is 6. The maximum atomic E-state index is 13.2. The van der Waals surface area contributed by atoms with Crippen molar-refractivity contribution in [2.45, 2.75) is 20.5 Å². The number of barbiturate groups is 1. The number of ether oxygens (including phenoxy) is 3. The number of amides is 4. The lowest BCUT2D eigenvalue weighted by molar-refractivity contribution is -0.122. The fourth-order valence-corrected chi connectivity index (χ4v) is 4.58. The van der Waals surface area contributed by atoms with Crippen molar-refractivity contribution in [1.29, 1.82) is 0 Å². The van der Waals surface area contributed by atoms with Crippen molar-refractivity contribution in [3.05, 3.63) is 86.0 Å². The van der Waals surface area contributed by atoms with Gasteiger partial charge in [-0.05, 0) is 101 Å². The van der Waals surface area contributed by atoms with Crippen LogP contribution in [0.3, 0.4) is 0 Å². The highest BCUT2D eigenvalue weighted by Crippen LogP contribution is 2.36. The van der Waals surface area contributed by atoms with Crippen LogP contribution in [0.1, 0.15) is 22.3 Å². The number of carbonyl (C=O) groups excluding carboxylic acids is 3. The van der Waals surface area contributed by atoms with Gasteiger partial charge in [-0.2, -0.15) is 0 Å². The van der Waals surface area contributed by atoms with Gasteiger partial charge in [-0.15, -0.1) is 0 Å². The van der Waals surface area contributed by atoms with Crippen LogP contribution >= 0.6 is 22.6 Å². The predicted molar refractivity (Wildman–Crippen MR) is 148 cm³/mol. The zero-order valence-electron chi connectivity index (χ0n) is 20.8. The molecule has 1 aliphatic rings. The summed E-state index contributed by atoms with van der Waals surface area (Å²) < 4.78 is 17.5. The quantitative estimate of drug-likeness (QED) is 0.225. The van der Waals surface area contributed by atoms with Crippen molar-refractivity contribution < 1.29 is 28.6 Å². The molecular formula is C28H25IN2O6. The van der Waals surface area contributed by atoms with E-state index in [1.54, 1.807) is 36.4 Å². The van der Waals surface area contributed by atoms with Crippen molar-refractivity contribution >= 4 is 52.2 Å². The first-order chi connectivity index (χ1) is 17.7. The molecule has 0 aliphatic carbocycles. The van der Waals surface area contributed by atoms with Crippen molar-refractivity contribution in [2.75, 3.05) is 19.1 Å². The molecule has 0 atom stereocenters. The number of imide groups is 2. The number of aryl methyl sites for hydroxylation is 2. The summed E-state index contributed by atoms with van der Waals surface area (Å²) in [6, 6.07) is 15.2. The van der Waals surface area contributed by atoms with E-state index in [0.29, 0.717) is 35.1 Å². The number of halogens is 1. The predicted octanol–water partition coefficient (Wildman–Crippen LogP) is 5.17. The molecule has 0 aromatic heterocycles. The largest absolute Gasteiger partial charge is 0.497 e. The van der Waals surface area contributed by atoms with Gasteiger partial charge in [0, 0.05) is 0 Å². The lowest BCUT2D eigenvalue weighted by Crippen LogP contribution is -2.54. The Hall–Kier alpha value is -3.86. The maximum Gasteiger partial charge on any atom is 0.335 e. The summed E-state index contributed by atoms with van der Waals surface area (Å²) in [5.41, 5.74) is 4.09. The fourth-order valence-electron chi connectivity index (χ4n) is 3.80. The Morgan fingerprint density at radius 3 is 2.30 bits per heavy atom. The highest BCUT2D eigenvalue weighted by Gasteiger charge is 2.36. The molecule has 3 aromatic rings. The summed E-state index contributed by atoms with van der Waals surface area (Å²) in [4.78, 5) is 39.2. The monoisotopic (exact) mass is 612 g/mol. The van der Waals surface area contributed by atoms with Crippen LogP contribution in [0.4, 0.5) is 10.5 Å². The number of nitrogens with zero attached hydrogens (tertiary/aromatic N) is 1. The molecule has 4 amide bonds. The van der Waals surface area contributed by atoms with E-state index >= 15 is 0 Å². The van der Waals surface area contributed by atoms with E-state index in [0.717, 1.165) is 14.0 Å². The Balaban J connectivity index is 1.62. The SMILES string of the molecule is COc1ccc(N2C(=O)NC(=O)/C(=C\c3cc(I)c(OCc4ccc(C)c(C)c4)c(OC)c3)C2=O)cc1. The number of carbonyl (C=O) groups is 3. The molecular weight excluding hydrogens is 587 g/mol. The smallest absolute Gasteiger partial charge is 0.335 e. The highest BCUT2D eigenvalue weighted by atomic mass is 127. The Morgan fingerprint density at radius 2 is 1.65 bits per heavy atom. The zero-order valence-corrected chi connectivity index (χ0v) is 22.9. The van der Waals surface area contributed by atoms with Gasteiger partial charge in [0.05, 0.1) is 23.5 Å². The number of nitrogens with one attached hydrogen (secondary N) is 1. The van der Waals surface area contributed by atoms with Gasteiger partial charge in [-0.25, -0.2) is 9.69 Å². The number of rotatable bonds is 7. The van der Waals surface area contributed by atoms with E-state index < -0.39 is 17.8 Å². The number of benzene rings is 3. The molecule has 3 aromatic carbocycles. The van der Waals surface area contributed by atoms with Gasteiger partial charge >= 0.3 is 6.03 Å². The van der Waals surface area contributed by atoms with Crippen LogP contribution in [0.5, 0.6) is 17.2 Å². The van der Waals surface area contributed by atoms with Crippen LogP contribution < -0.4 is 24.4 Å². The lowest BCUT2D eigenvalue weighted by Gasteiger charge is -2.26. The number of urea groups is 1. The standard InChI is InChI=1S/C28H25IN2O6/c1-16-5-6-18(11-17(16)2)15-37-25-23(29)13-19(14-24(25)36-4)12-22-26(32)30-28(34)31(27(22)33)20-7-9-21(35-3)10-8-20/h5-14H,15H2,1-4H3,(H,30,32,34)/b22-12+. The summed E-state index contributed by atoms with van der Waals surface area (Å²) in [7, 11) is 3.04. The van der Waals surface area contributed by atoms with Gasteiger partial charge in [0.25, 0.3) is 11.8 Å². The normalized spacial score (nSPS) is 14.6. The minimum absolute atomic E-state index is 0.183. The number of hydrogen-bond donors (Lipinski definition) is 1. The average molecular weight is 612 g/mol. The molecule has 4 rings (SSSR count). The van der Waals surface area contributed by atoms with Gasteiger partial charge in [0.2, 0.25) is 0 Å². The molecule has 190 valence electrons. The second-order valence-corrected chi connectivity index (χ2v) is 9.56. The molecule has 0 spiro atoms. The Kier molecular flexibility index (Phi) is 7.82. The van der Waals surface area contributed by atoms with Crippen LogP contribution in [0, 0.1) is 17.4 Å². The van der Waals surface area contributed by atoms with Crippen molar-refractivity contribution in [3.63, 3.8) is 0 Å². The number of anilines is 1.